The third-order valence-corrected chi connectivity index (χ3v) is 3.87. The van der Waals surface area contributed by atoms with Gasteiger partial charge in [0, 0.05) is 12.1 Å². The smallest absolute Gasteiger partial charge is 0.147 e. The van der Waals surface area contributed by atoms with Crippen LogP contribution in [0.2, 0.25) is 0 Å². The second kappa shape index (κ2) is 6.30. The highest BCUT2D eigenvalue weighted by atomic mass is 32.1. The van der Waals surface area contributed by atoms with Crippen LogP contribution in [0.5, 0.6) is 0 Å². The summed E-state index contributed by atoms with van der Waals surface area (Å²) < 4.78 is 14.2. The molecule has 1 fully saturated rings. The van der Waals surface area contributed by atoms with E-state index in [2.05, 4.69) is 0 Å². The number of anilines is 1. The van der Waals surface area contributed by atoms with Crippen LogP contribution in [0.3, 0.4) is 0 Å². The monoisotopic (exact) mass is 282 g/mol. The number of nitrogens with two attached hydrogens (primary N) is 1. The average Bonchev–Trinajstić information content (AvgIpc) is 2.63. The summed E-state index contributed by atoms with van der Waals surface area (Å²) in [5, 5.41) is 9.48. The lowest BCUT2D eigenvalue weighted by molar-refractivity contribution is 0.254. The Kier molecular flexibility index (Phi) is 4.71. The Morgan fingerprint density at radius 2 is 2.21 bits per heavy atom. The summed E-state index contributed by atoms with van der Waals surface area (Å²) in [4.78, 5) is 2.16. The number of rotatable bonds is 3. The van der Waals surface area contributed by atoms with Gasteiger partial charge in [-0.15, -0.1) is 0 Å². The first kappa shape index (κ1) is 14.2. The van der Waals surface area contributed by atoms with E-state index in [-0.39, 0.29) is 23.5 Å². The van der Waals surface area contributed by atoms with Crippen LogP contribution < -0.4 is 10.6 Å². The highest BCUT2D eigenvalue weighted by Crippen LogP contribution is 2.27. The lowest BCUT2D eigenvalue weighted by atomic mass is 10.1. The van der Waals surface area contributed by atoms with Crippen molar-refractivity contribution in [3.05, 3.63) is 29.6 Å². The Bertz CT molecular complexity index is 467. The number of hydrogen-bond donors (Lipinski definition) is 2. The first-order valence-electron chi connectivity index (χ1n) is 6.60. The van der Waals surface area contributed by atoms with Crippen molar-refractivity contribution in [1.29, 1.82) is 0 Å². The van der Waals surface area contributed by atoms with Crippen molar-refractivity contribution in [1.82, 2.24) is 0 Å². The fourth-order valence-corrected chi connectivity index (χ4v) is 2.70. The van der Waals surface area contributed by atoms with Crippen molar-refractivity contribution in [2.45, 2.75) is 31.7 Å². The minimum Gasteiger partial charge on any atom is -0.394 e. The predicted molar refractivity (Wildman–Crippen MR) is 79.0 cm³/mol. The topological polar surface area (TPSA) is 49.5 Å². The van der Waals surface area contributed by atoms with Crippen molar-refractivity contribution in [2.24, 2.45) is 5.73 Å². The zero-order chi connectivity index (χ0) is 13.8. The number of aliphatic hydroxyl groups excluding tert-OH is 1. The van der Waals surface area contributed by atoms with Crippen LogP contribution in [-0.4, -0.2) is 29.3 Å². The van der Waals surface area contributed by atoms with Crippen molar-refractivity contribution in [2.75, 3.05) is 18.1 Å². The Hall–Kier alpha value is -1.20. The maximum Gasteiger partial charge on any atom is 0.147 e. The van der Waals surface area contributed by atoms with Gasteiger partial charge in [0.1, 0.15) is 10.8 Å². The van der Waals surface area contributed by atoms with Gasteiger partial charge in [0.15, 0.2) is 0 Å². The molecule has 1 aliphatic heterocycles. The summed E-state index contributed by atoms with van der Waals surface area (Å²) in [6.07, 6.45) is 4.12. The van der Waals surface area contributed by atoms with Gasteiger partial charge in [-0.2, -0.15) is 0 Å². The molecule has 0 radical (unpaired) electrons. The van der Waals surface area contributed by atoms with E-state index in [9.17, 15) is 9.50 Å². The second-order valence-electron chi connectivity index (χ2n) is 4.91. The number of thiocarbonyl (C=S) groups is 1. The Morgan fingerprint density at radius 1 is 1.42 bits per heavy atom. The molecule has 0 aromatic heterocycles. The molecule has 19 heavy (non-hydrogen) atoms. The molecule has 3 nitrogen and oxygen atoms in total. The van der Waals surface area contributed by atoms with Crippen LogP contribution in [0.4, 0.5) is 10.1 Å². The molecule has 1 aromatic rings. The van der Waals surface area contributed by atoms with Crippen LogP contribution in [0.25, 0.3) is 0 Å². The molecule has 0 saturated carbocycles. The molecule has 0 amide bonds. The Labute approximate surface area is 118 Å². The Morgan fingerprint density at radius 3 is 2.84 bits per heavy atom. The fraction of sp³-hybridized carbons (Fsp3) is 0.500. The van der Waals surface area contributed by atoms with Gasteiger partial charge in [-0.3, -0.25) is 0 Å². The number of halogens is 1. The maximum absolute atomic E-state index is 14.2. The first-order chi connectivity index (χ1) is 9.13. The zero-order valence-corrected chi connectivity index (χ0v) is 11.6. The quantitative estimate of drug-likeness (QED) is 0.835. The van der Waals surface area contributed by atoms with Gasteiger partial charge in [0.25, 0.3) is 0 Å². The van der Waals surface area contributed by atoms with E-state index < -0.39 is 0 Å². The van der Waals surface area contributed by atoms with E-state index in [0.29, 0.717) is 11.3 Å². The summed E-state index contributed by atoms with van der Waals surface area (Å²) in [5.41, 5.74) is 6.56. The van der Waals surface area contributed by atoms with Crippen molar-refractivity contribution in [3.8, 4) is 0 Å². The molecule has 1 aliphatic rings. The van der Waals surface area contributed by atoms with Gasteiger partial charge in [0.2, 0.25) is 0 Å². The zero-order valence-electron chi connectivity index (χ0n) is 10.8. The van der Waals surface area contributed by atoms with Gasteiger partial charge in [0.05, 0.1) is 18.3 Å². The molecule has 104 valence electrons. The largest absolute Gasteiger partial charge is 0.394 e. The van der Waals surface area contributed by atoms with Gasteiger partial charge in [-0.25, -0.2) is 4.39 Å². The van der Waals surface area contributed by atoms with Crippen molar-refractivity contribution >= 4 is 22.9 Å². The molecule has 0 aliphatic carbocycles. The average molecular weight is 282 g/mol. The molecular weight excluding hydrogens is 263 g/mol. The lowest BCUT2D eigenvalue weighted by Crippen LogP contribution is -2.38. The van der Waals surface area contributed by atoms with E-state index in [4.69, 9.17) is 18.0 Å². The highest BCUT2D eigenvalue weighted by Gasteiger charge is 2.23. The second-order valence-corrected chi connectivity index (χ2v) is 5.35. The molecule has 0 spiro atoms. The molecule has 1 aromatic carbocycles. The lowest BCUT2D eigenvalue weighted by Gasteiger charge is -2.31. The van der Waals surface area contributed by atoms with E-state index in [1.807, 2.05) is 4.90 Å². The van der Waals surface area contributed by atoms with Crippen LogP contribution >= 0.6 is 12.2 Å². The molecular formula is C14H19FN2OS. The summed E-state index contributed by atoms with van der Waals surface area (Å²) in [7, 11) is 0. The van der Waals surface area contributed by atoms with E-state index >= 15 is 0 Å². The van der Waals surface area contributed by atoms with E-state index in [0.717, 1.165) is 32.2 Å². The Balaban J connectivity index is 2.30. The minimum absolute atomic E-state index is 0.00678. The third kappa shape index (κ3) is 3.22. The number of benzene rings is 1. The molecule has 1 saturated heterocycles. The van der Waals surface area contributed by atoms with Gasteiger partial charge in [-0.1, -0.05) is 25.1 Å². The van der Waals surface area contributed by atoms with Crippen molar-refractivity contribution < 1.29 is 9.50 Å². The van der Waals surface area contributed by atoms with E-state index in [1.54, 1.807) is 12.1 Å². The van der Waals surface area contributed by atoms with Crippen LogP contribution in [0.15, 0.2) is 18.2 Å². The number of aliphatic hydroxyl groups is 1. The normalized spacial score (nSPS) is 20.1. The van der Waals surface area contributed by atoms with Gasteiger partial charge in [-0.05, 0) is 31.0 Å². The third-order valence-electron chi connectivity index (χ3n) is 3.63. The molecule has 5 heteroatoms. The summed E-state index contributed by atoms with van der Waals surface area (Å²) in [6.45, 7) is 0.824. The summed E-state index contributed by atoms with van der Waals surface area (Å²) in [5.74, 6) is -0.328. The molecule has 0 bridgehead atoms. The van der Waals surface area contributed by atoms with Crippen LogP contribution in [-0.2, 0) is 0 Å². The minimum atomic E-state index is -0.328. The van der Waals surface area contributed by atoms with Crippen molar-refractivity contribution in [3.63, 3.8) is 0 Å². The number of nitrogens with zero attached hydrogens (tertiary/aromatic N) is 1. The first-order valence-corrected chi connectivity index (χ1v) is 7.01. The summed E-state index contributed by atoms with van der Waals surface area (Å²) in [6, 6.07) is 4.81. The maximum atomic E-state index is 14.2. The summed E-state index contributed by atoms with van der Waals surface area (Å²) >= 11 is 4.85. The highest BCUT2D eigenvalue weighted by molar-refractivity contribution is 7.80. The van der Waals surface area contributed by atoms with Crippen LogP contribution in [0.1, 0.15) is 31.2 Å². The molecule has 1 heterocycles. The van der Waals surface area contributed by atoms with Crippen LogP contribution in [0, 0.1) is 5.82 Å². The predicted octanol–water partition coefficient (Wildman–Crippen LogP) is 2.20. The fourth-order valence-electron chi connectivity index (χ4n) is 2.58. The molecule has 1 atom stereocenters. The number of hydrogen-bond acceptors (Lipinski definition) is 3. The van der Waals surface area contributed by atoms with E-state index in [1.165, 1.54) is 6.07 Å². The molecule has 1 unspecified atom stereocenters. The van der Waals surface area contributed by atoms with Gasteiger partial charge >= 0.3 is 0 Å². The SMILES string of the molecule is NC(=S)c1ccc(N2CCCCCC2CO)c(F)c1. The molecule has 2 rings (SSSR count). The molecule has 3 N–H and O–H groups in total. The standard InChI is InChI=1S/C14H19FN2OS/c15-12-8-10(14(16)19)5-6-13(12)17-7-3-1-2-4-11(17)9-18/h5-6,8,11,18H,1-4,7,9H2,(H2,16,19). The van der Waals surface area contributed by atoms with Gasteiger partial charge < -0.3 is 15.7 Å².